The second-order valence-corrected chi connectivity index (χ2v) is 31.5. The molecule has 37 rings (SSSR count). The minimum Gasteiger partial charge on any atom is -0.342 e. The van der Waals surface area contributed by atoms with Gasteiger partial charge in [0.1, 0.15) is 0 Å². The predicted molar refractivity (Wildman–Crippen MR) is 337 cm³/mol. The van der Waals surface area contributed by atoms with Gasteiger partial charge >= 0.3 is 0 Å². The summed E-state index contributed by atoms with van der Waals surface area (Å²) in [6, 6.07) is 0. The first-order chi connectivity index (χ1) is 42.3. The van der Waals surface area contributed by atoms with Crippen molar-refractivity contribution in [2.75, 3.05) is 105 Å². The zero-order valence-corrected chi connectivity index (χ0v) is 45.5. The molecule has 9 heteroatoms. The van der Waals surface area contributed by atoms with Gasteiger partial charge in [0.25, 0.3) is 0 Å². The van der Waals surface area contributed by atoms with Crippen LogP contribution >= 0.6 is 0 Å². The number of benzene rings is 15. The van der Waals surface area contributed by atoms with E-state index in [1.54, 1.807) is 293 Å². The largest absolute Gasteiger partial charge is 0.342 e. The molecule has 21 aromatic rings. The van der Waals surface area contributed by atoms with Crippen molar-refractivity contribution in [2.45, 2.75) is 33.4 Å². The first kappa shape index (κ1) is 35.9. The van der Waals surface area contributed by atoms with Crippen LogP contribution in [0.2, 0.25) is 0 Å². The SMILES string of the molecule is C1CN(C23C4=C5C6(N7CCNCC7)c7c2c2c8c3c3c9c%10c%11c%12c%13c%14c%15c%16c%17c%18c(c6c6c7c7c2c2c%19c8c9c8c9c%10c%13c%10c%13c%14c%17c%14c%17c%18c6c6c7c2c2c(c%198)c(c9%10)c(c%13%14)c2c6%17)C%162OC52C(=C4C3%11N2CCNCC2)C%12%15N2CCNCC2)CCN1. The van der Waals surface area contributed by atoms with Crippen molar-refractivity contribution in [1.29, 1.82) is 0 Å². The number of rotatable bonds is 4. The van der Waals surface area contributed by atoms with Crippen LogP contribution in [0.4, 0.5) is 0 Å². The van der Waals surface area contributed by atoms with Crippen LogP contribution in [0.3, 0.4) is 0 Å². The van der Waals surface area contributed by atoms with E-state index in [1.807, 2.05) is 0 Å². The van der Waals surface area contributed by atoms with Gasteiger partial charge in [0, 0.05) is 127 Å². The standard InChI is InChI=1S/C76H36N8O/c1-9-81(10-2-77-1)71-57-47-37-27-22-17-18-20-21-19(17)24-30-28(22)38(37)48-50-40(30)42-32(24)34-26(21)36-35-25(20)33-31-23(18)29(27)39-41(31)51-53-43(33)45(35)55-56-46(36)44(34)54-52(42)62-60(50)72(58(48)57,82-11-3-78-4-12-82)68-67(71)69-73(61(51)59(71)49(39)47,83-13-5-79-6-14-83)63(53)65(55)75-66(56)64(54)74(62,70(68)76(69,75)85-75)84-15-7-80-8-16-84/h77-80H,1-16H2. The zero-order valence-electron chi connectivity index (χ0n) is 45.5. The highest BCUT2D eigenvalue weighted by atomic mass is 16.6. The average Bonchev–Trinajstić information content (AvgIpc) is 1.36. The van der Waals surface area contributed by atoms with Gasteiger partial charge in [-0.3, -0.25) is 19.6 Å². The van der Waals surface area contributed by atoms with Crippen molar-refractivity contribution < 1.29 is 4.74 Å². The number of piperazine rings is 4. The Bertz CT molecular complexity index is 6980. The minimum atomic E-state index is -0.661. The van der Waals surface area contributed by atoms with Gasteiger partial charge in [0.2, 0.25) is 0 Å². The molecule has 386 valence electrons. The summed E-state index contributed by atoms with van der Waals surface area (Å²) in [5.41, 5.74) is 21.2. The summed E-state index contributed by atoms with van der Waals surface area (Å²) in [7, 11) is 0. The van der Waals surface area contributed by atoms with Crippen LogP contribution in [-0.4, -0.2) is 130 Å². The highest BCUT2D eigenvalue weighted by Gasteiger charge is 2.95. The molecule has 4 unspecified atom stereocenters. The minimum absolute atomic E-state index is 0.492. The third-order valence-corrected chi connectivity index (χ3v) is 31.1. The van der Waals surface area contributed by atoms with E-state index in [9.17, 15) is 4.74 Å². The van der Waals surface area contributed by atoms with Crippen LogP contribution < -0.4 is 21.3 Å². The van der Waals surface area contributed by atoms with E-state index in [-0.39, 0.29) is 0 Å². The van der Waals surface area contributed by atoms with Gasteiger partial charge < -0.3 is 26.0 Å². The molecule has 0 aromatic heterocycles. The lowest BCUT2D eigenvalue weighted by molar-refractivity contribution is 0.0788. The van der Waals surface area contributed by atoms with Gasteiger partial charge in [-0.05, 0) is 271 Å². The zero-order chi connectivity index (χ0) is 51.3. The van der Waals surface area contributed by atoms with Crippen molar-refractivity contribution in [2.24, 2.45) is 0 Å². The van der Waals surface area contributed by atoms with E-state index in [2.05, 4.69) is 40.9 Å². The average molecular weight is 1080 g/mol. The van der Waals surface area contributed by atoms with Gasteiger partial charge in [-0.2, -0.15) is 0 Å². The Morgan fingerprint density at radius 3 is 0.612 bits per heavy atom. The van der Waals surface area contributed by atoms with Crippen molar-refractivity contribution in [3.8, 4) is 0 Å². The van der Waals surface area contributed by atoms with Gasteiger partial charge in [0.15, 0.2) is 11.2 Å². The maximum Gasteiger partial charge on any atom is 0.159 e. The maximum atomic E-state index is 9.29. The van der Waals surface area contributed by atoms with Crippen LogP contribution in [0.1, 0.15) is 55.6 Å². The molecule has 5 fully saturated rings. The van der Waals surface area contributed by atoms with Crippen molar-refractivity contribution in [3.05, 3.63) is 77.9 Å². The van der Waals surface area contributed by atoms with E-state index in [0.717, 1.165) is 105 Å². The van der Waals surface area contributed by atoms with Crippen molar-refractivity contribution in [3.63, 3.8) is 0 Å². The van der Waals surface area contributed by atoms with Crippen molar-refractivity contribution in [1.82, 2.24) is 40.9 Å². The lowest BCUT2D eigenvalue weighted by Gasteiger charge is -2.62. The Hall–Kier alpha value is -7.38. The molecule has 5 heterocycles. The van der Waals surface area contributed by atoms with E-state index >= 15 is 0 Å². The number of nitrogens with zero attached hydrogens (tertiary/aromatic N) is 4. The highest BCUT2D eigenvalue weighted by molar-refractivity contribution is 6.77. The van der Waals surface area contributed by atoms with Crippen LogP contribution in [-0.2, 0) is 32.5 Å². The smallest absolute Gasteiger partial charge is 0.159 e. The van der Waals surface area contributed by atoms with Crippen LogP contribution in [0.15, 0.2) is 22.3 Å². The lowest BCUT2D eigenvalue weighted by Crippen LogP contribution is -2.67. The number of hydrogen-bond donors (Lipinski definition) is 4. The van der Waals surface area contributed by atoms with E-state index in [0.29, 0.717) is 0 Å². The summed E-state index contributed by atoms with van der Waals surface area (Å²) < 4.78 is 9.29. The Morgan fingerprint density at radius 2 is 0.376 bits per heavy atom. The molecule has 21 aromatic carbocycles. The first-order valence-corrected chi connectivity index (χ1v) is 33.2. The van der Waals surface area contributed by atoms with Gasteiger partial charge in [-0.25, -0.2) is 0 Å². The van der Waals surface area contributed by atoms with Gasteiger partial charge in [0.05, 0.1) is 22.2 Å². The molecule has 0 saturated carbocycles. The topological polar surface area (TPSA) is 73.6 Å². The van der Waals surface area contributed by atoms with Gasteiger partial charge in [-0.1, -0.05) is 0 Å². The molecule has 4 atom stereocenters. The molecule has 5 saturated heterocycles. The lowest BCUT2D eigenvalue weighted by atomic mass is 9.51. The monoisotopic (exact) mass is 1080 g/mol. The van der Waals surface area contributed by atoms with Crippen LogP contribution in [0.5, 0.6) is 0 Å². The van der Waals surface area contributed by atoms with Gasteiger partial charge in [-0.15, -0.1) is 0 Å². The Morgan fingerprint density at radius 1 is 0.200 bits per heavy atom. The fraction of sp³-hybridized carbons (Fsp3) is 0.289. The Kier molecular flexibility index (Phi) is 3.70. The molecule has 0 bridgehead atoms. The normalized spacial score (nSPS) is 34.3. The highest BCUT2D eigenvalue weighted by Crippen LogP contribution is 2.96. The second kappa shape index (κ2) is 8.76. The van der Waals surface area contributed by atoms with Crippen molar-refractivity contribution >= 4 is 215 Å². The molecule has 9 nitrogen and oxygen atoms in total. The fourth-order valence-corrected chi connectivity index (χ4v) is 30.8. The Labute approximate surface area is 474 Å². The Balaban J connectivity index is 1.03. The molecule has 2 spiro atoms. The maximum absolute atomic E-state index is 9.29. The molecular formula is C76H36N8O. The number of ether oxygens (including phenoxy) is 1. The molecule has 16 aliphatic rings. The molecule has 0 radical (unpaired) electrons. The summed E-state index contributed by atoms with van der Waals surface area (Å²) in [6.07, 6.45) is 0. The third-order valence-electron chi connectivity index (χ3n) is 31.1. The second-order valence-electron chi connectivity index (χ2n) is 31.5. The molecule has 11 aliphatic carbocycles. The number of nitrogens with one attached hydrogen (secondary N) is 4. The first-order valence-electron chi connectivity index (χ1n) is 33.2. The summed E-state index contributed by atoms with van der Waals surface area (Å²) in [6.45, 7) is 16.4. The number of epoxide rings is 1. The summed E-state index contributed by atoms with van der Waals surface area (Å²) in [5, 5.41) is 83.2. The summed E-state index contributed by atoms with van der Waals surface area (Å²) in [4.78, 5) is 12.9. The van der Waals surface area contributed by atoms with E-state index in [4.69, 9.17) is 0 Å². The summed E-state index contributed by atoms with van der Waals surface area (Å²) >= 11 is 0. The predicted octanol–water partition coefficient (Wildman–Crippen LogP) is 10.5. The molecular weight excluding hydrogens is 1040 g/mol. The fourth-order valence-electron chi connectivity index (χ4n) is 30.8. The molecule has 4 N–H and O–H groups in total. The van der Waals surface area contributed by atoms with Crippen LogP contribution in [0.25, 0.3) is 215 Å². The summed E-state index contributed by atoms with van der Waals surface area (Å²) in [5.74, 6) is 0. The van der Waals surface area contributed by atoms with Crippen LogP contribution in [0, 0.1) is 0 Å². The quantitative estimate of drug-likeness (QED) is 0.102. The third kappa shape index (κ3) is 2.11. The van der Waals surface area contributed by atoms with E-state index in [1.165, 1.54) is 0 Å². The molecule has 0 amide bonds. The number of hydrogen-bond acceptors (Lipinski definition) is 9. The molecule has 5 aliphatic heterocycles. The van der Waals surface area contributed by atoms with E-state index < -0.39 is 33.4 Å². The molecule has 85 heavy (non-hydrogen) atoms.